The minimum absolute atomic E-state index is 0.0243. The quantitative estimate of drug-likeness (QED) is 0.127. The van der Waals surface area contributed by atoms with Crippen LogP contribution in [0.5, 0.6) is 5.75 Å². The summed E-state index contributed by atoms with van der Waals surface area (Å²) in [6.07, 6.45) is 8.48. The monoisotopic (exact) mass is 802 g/mol. The van der Waals surface area contributed by atoms with E-state index < -0.39 is 27.8 Å². The molecule has 0 spiro atoms. The first-order chi connectivity index (χ1) is 27.2. The van der Waals surface area contributed by atoms with Gasteiger partial charge in [0.2, 0.25) is 5.91 Å². The summed E-state index contributed by atoms with van der Waals surface area (Å²) in [7, 11) is -4.51. The van der Waals surface area contributed by atoms with Gasteiger partial charge in [-0.2, -0.15) is 21.6 Å². The number of rotatable bonds is 9. The molecule has 2 amide bonds. The molecule has 6 atom stereocenters. The van der Waals surface area contributed by atoms with Crippen molar-refractivity contribution in [1.82, 2.24) is 20.2 Å². The molecule has 3 aromatic carbocycles. The average molecular weight is 803 g/mol. The molecule has 3 fully saturated rings. The van der Waals surface area contributed by atoms with E-state index in [2.05, 4.69) is 46.7 Å². The maximum absolute atomic E-state index is 13.6. The van der Waals surface area contributed by atoms with E-state index in [-0.39, 0.29) is 35.5 Å². The fraction of sp³-hybridized carbons (Fsp3) is 0.465. The Kier molecular flexibility index (Phi) is 9.21. The number of nitrogens with zero attached hydrogens (tertiary/aromatic N) is 2. The van der Waals surface area contributed by atoms with Gasteiger partial charge in [-0.05, 0) is 132 Å². The maximum atomic E-state index is 13.6. The third-order valence-corrected chi connectivity index (χ3v) is 14.1. The number of imidazole rings is 1. The highest BCUT2D eigenvalue weighted by Crippen LogP contribution is 2.62. The average Bonchev–Trinajstić information content (AvgIpc) is 4.05. The molecular formula is C43H45F3N4O6S. The highest BCUT2D eigenvalue weighted by Gasteiger charge is 2.50. The lowest BCUT2D eigenvalue weighted by atomic mass is 9.78. The Hall–Kier alpha value is -4.85. The van der Waals surface area contributed by atoms with E-state index >= 15 is 0 Å². The number of ether oxygens (including phenoxy) is 1. The molecule has 14 heteroatoms. The molecule has 1 aromatic heterocycles. The molecular weight excluding hydrogens is 758 g/mol. The third-order valence-electron chi connectivity index (χ3n) is 13.2. The summed E-state index contributed by atoms with van der Waals surface area (Å²) >= 11 is 0. The number of halogens is 3. The second kappa shape index (κ2) is 13.9. The standard InChI is InChI=1S/C43H45F3N4O6S/c1-22(2)39(49-42(52)55-3)41(51)50-18-4-5-33(50)40-47-21-32(48-40)24-8-6-23(7-9-24)29-14-15-30(36-26-11-10-25(19-26)35(29)36)31-16-17-34(56-57(53,54)43(44,45)46)38-28-13-12-27(20-28)37(31)38/h6-9,14-17,21-22,25-28,33,39H,4-5,10-13,18-20H2,1-3H3,(H,47,48)(H,49,52). The molecule has 1 aliphatic heterocycles. The number of aromatic amines is 1. The zero-order chi connectivity index (χ0) is 40.0. The summed E-state index contributed by atoms with van der Waals surface area (Å²) in [4.78, 5) is 35.6. The summed E-state index contributed by atoms with van der Waals surface area (Å²) in [6, 6.07) is 15.0. The normalized spacial score (nSPS) is 23.8. The highest BCUT2D eigenvalue weighted by atomic mass is 32.2. The number of carbonyl (C=O) groups is 2. The van der Waals surface area contributed by atoms with Crippen LogP contribution in [0.4, 0.5) is 18.0 Å². The molecule has 0 radical (unpaired) electrons. The van der Waals surface area contributed by atoms with Crippen molar-refractivity contribution in [2.45, 2.75) is 106 Å². The Morgan fingerprint density at radius 1 is 0.825 bits per heavy atom. The molecule has 300 valence electrons. The summed E-state index contributed by atoms with van der Waals surface area (Å²) in [6.45, 7) is 4.35. The largest absolute Gasteiger partial charge is 0.534 e. The van der Waals surface area contributed by atoms with Crippen molar-refractivity contribution >= 4 is 22.1 Å². The minimum atomic E-state index is -5.79. The molecule has 9 rings (SSSR count). The number of methoxy groups -OCH3 is 1. The van der Waals surface area contributed by atoms with Gasteiger partial charge in [0.05, 0.1) is 25.0 Å². The molecule has 1 saturated heterocycles. The maximum Gasteiger partial charge on any atom is 0.534 e. The topological polar surface area (TPSA) is 131 Å². The molecule has 5 aliphatic rings. The second-order valence-corrected chi connectivity index (χ2v) is 18.2. The molecule has 10 nitrogen and oxygen atoms in total. The number of fused-ring (bicyclic) bond motifs is 10. The van der Waals surface area contributed by atoms with Crippen molar-refractivity contribution in [3.05, 3.63) is 82.8 Å². The van der Waals surface area contributed by atoms with Crippen LogP contribution < -0.4 is 9.50 Å². The van der Waals surface area contributed by atoms with E-state index in [1.165, 1.54) is 29.9 Å². The van der Waals surface area contributed by atoms with Crippen LogP contribution >= 0.6 is 0 Å². The van der Waals surface area contributed by atoms with Gasteiger partial charge in [0, 0.05) is 12.1 Å². The van der Waals surface area contributed by atoms with Crippen molar-refractivity contribution in [1.29, 1.82) is 0 Å². The van der Waals surface area contributed by atoms with E-state index in [1.807, 2.05) is 13.8 Å². The Labute approximate surface area is 329 Å². The zero-order valence-corrected chi connectivity index (χ0v) is 32.8. The van der Waals surface area contributed by atoms with Gasteiger partial charge in [-0.25, -0.2) is 9.78 Å². The number of aromatic nitrogens is 2. The summed E-state index contributed by atoms with van der Waals surface area (Å²) < 4.78 is 73.8. The molecule has 4 aromatic rings. The van der Waals surface area contributed by atoms with Gasteiger partial charge in [-0.3, -0.25) is 4.79 Å². The summed E-state index contributed by atoms with van der Waals surface area (Å²) in [5.74, 6) is 1.14. The number of hydrogen-bond acceptors (Lipinski definition) is 7. The number of benzene rings is 3. The van der Waals surface area contributed by atoms with Crippen molar-refractivity contribution in [3.8, 4) is 39.3 Å². The third kappa shape index (κ3) is 6.29. The van der Waals surface area contributed by atoms with Crippen LogP contribution in [0.2, 0.25) is 0 Å². The van der Waals surface area contributed by atoms with E-state index in [1.54, 1.807) is 17.2 Å². The number of carbonyl (C=O) groups excluding carboxylic acids is 2. The lowest BCUT2D eigenvalue weighted by Gasteiger charge is -2.30. The van der Waals surface area contributed by atoms with E-state index in [0.717, 1.165) is 84.9 Å². The number of hydrogen-bond donors (Lipinski definition) is 2. The molecule has 6 unspecified atom stereocenters. The van der Waals surface area contributed by atoms with Gasteiger partial charge in [0.25, 0.3) is 0 Å². The van der Waals surface area contributed by atoms with Crippen LogP contribution in [0.25, 0.3) is 33.5 Å². The van der Waals surface area contributed by atoms with Gasteiger partial charge in [0.1, 0.15) is 17.6 Å². The van der Waals surface area contributed by atoms with Crippen molar-refractivity contribution in [3.63, 3.8) is 0 Å². The zero-order valence-electron chi connectivity index (χ0n) is 32.0. The second-order valence-electron chi connectivity index (χ2n) is 16.6. The van der Waals surface area contributed by atoms with Gasteiger partial charge in [-0.15, -0.1) is 0 Å². The van der Waals surface area contributed by atoms with Gasteiger partial charge in [0.15, 0.2) is 0 Å². The summed E-state index contributed by atoms with van der Waals surface area (Å²) in [5.41, 5.74) is 4.84. The Morgan fingerprint density at radius 2 is 1.39 bits per heavy atom. The number of amides is 2. The highest BCUT2D eigenvalue weighted by molar-refractivity contribution is 7.88. The minimum Gasteiger partial charge on any atom is -0.453 e. The smallest absolute Gasteiger partial charge is 0.453 e. The number of H-pyrrole nitrogens is 1. The molecule has 57 heavy (non-hydrogen) atoms. The van der Waals surface area contributed by atoms with Gasteiger partial charge < -0.3 is 24.1 Å². The van der Waals surface area contributed by atoms with Crippen LogP contribution in [0.1, 0.15) is 123 Å². The fourth-order valence-corrected chi connectivity index (χ4v) is 11.1. The predicted molar refractivity (Wildman–Crippen MR) is 207 cm³/mol. The van der Waals surface area contributed by atoms with E-state index in [9.17, 15) is 31.2 Å². The summed E-state index contributed by atoms with van der Waals surface area (Å²) in [5, 5.41) is 2.69. The van der Waals surface area contributed by atoms with E-state index in [4.69, 9.17) is 13.9 Å². The molecule has 2 N–H and O–H groups in total. The molecule has 2 saturated carbocycles. The Balaban J connectivity index is 1.01. The lowest BCUT2D eigenvalue weighted by molar-refractivity contribution is -0.135. The number of likely N-dealkylation sites (tertiary alicyclic amines) is 1. The van der Waals surface area contributed by atoms with Crippen LogP contribution in [0.15, 0.2) is 54.7 Å². The van der Waals surface area contributed by atoms with Gasteiger partial charge in [-0.1, -0.05) is 56.3 Å². The number of alkyl carbamates (subject to hydrolysis) is 1. The Morgan fingerprint density at radius 3 is 2.00 bits per heavy atom. The van der Waals surface area contributed by atoms with Crippen molar-refractivity contribution in [2.75, 3.05) is 13.7 Å². The number of nitrogens with one attached hydrogen (secondary N) is 2. The molecule has 4 aliphatic carbocycles. The fourth-order valence-electron chi connectivity index (χ4n) is 10.6. The van der Waals surface area contributed by atoms with Crippen LogP contribution in [-0.2, 0) is 19.6 Å². The first-order valence-electron chi connectivity index (χ1n) is 19.9. The Bertz CT molecular complexity index is 2380. The van der Waals surface area contributed by atoms with E-state index in [0.29, 0.717) is 29.8 Å². The van der Waals surface area contributed by atoms with Crippen molar-refractivity contribution in [2.24, 2.45) is 5.92 Å². The lowest BCUT2D eigenvalue weighted by Crippen LogP contribution is -2.51. The number of alkyl halides is 3. The van der Waals surface area contributed by atoms with Crippen LogP contribution in [-0.4, -0.2) is 60.5 Å². The van der Waals surface area contributed by atoms with Crippen LogP contribution in [0.3, 0.4) is 0 Å². The molecule has 2 heterocycles. The van der Waals surface area contributed by atoms with Crippen molar-refractivity contribution < 1.29 is 40.1 Å². The first kappa shape index (κ1) is 37.7. The van der Waals surface area contributed by atoms with Gasteiger partial charge >= 0.3 is 21.7 Å². The van der Waals surface area contributed by atoms with Crippen LogP contribution in [0, 0.1) is 5.92 Å². The molecule has 4 bridgehead atoms. The predicted octanol–water partition coefficient (Wildman–Crippen LogP) is 9.41. The SMILES string of the molecule is COC(=O)NC(C(=O)N1CCCC1c1ncc(-c2ccc(-c3ccc(-c4ccc(OS(=O)(=O)C(F)(F)F)c5c4C4CCC5C4)c4c3C3CCC4C3)cc2)[nH]1)C(C)C. The first-order valence-corrected chi connectivity index (χ1v) is 21.3.